The van der Waals surface area contributed by atoms with Gasteiger partial charge in [-0.1, -0.05) is 6.07 Å². The van der Waals surface area contributed by atoms with Crippen molar-refractivity contribution in [1.29, 1.82) is 0 Å². The lowest BCUT2D eigenvalue weighted by molar-refractivity contribution is -0.385. The monoisotopic (exact) mass is 344 g/mol. The number of amides is 1. The summed E-state index contributed by atoms with van der Waals surface area (Å²) < 4.78 is 25.6. The Balaban J connectivity index is 2.94. The maximum absolute atomic E-state index is 12.4. The van der Waals surface area contributed by atoms with Crippen LogP contribution in [0, 0.1) is 10.1 Å². The van der Waals surface area contributed by atoms with Crippen LogP contribution in [0.2, 0.25) is 0 Å². The molecule has 1 amide bonds. The third-order valence-electron chi connectivity index (χ3n) is 3.09. The van der Waals surface area contributed by atoms with Crippen LogP contribution < -0.4 is 11.1 Å². The van der Waals surface area contributed by atoms with Gasteiger partial charge >= 0.3 is 0 Å². The fraction of sp³-hybridized carbons (Fsp3) is 0.462. The number of likely N-dealkylation sites (N-methyl/N-ethyl adjacent to an activating group) is 1. The number of nitro benzene ring substituents is 1. The largest absolute Gasteiger partial charge is 0.349 e. The van der Waals surface area contributed by atoms with E-state index < -0.39 is 32.9 Å². The number of rotatable bonds is 7. The van der Waals surface area contributed by atoms with Crippen LogP contribution in [0.3, 0.4) is 0 Å². The van der Waals surface area contributed by atoms with Gasteiger partial charge in [-0.2, -0.15) is 4.31 Å². The maximum Gasteiger partial charge on any atom is 0.270 e. The Labute approximate surface area is 134 Å². The lowest BCUT2D eigenvalue weighted by Crippen LogP contribution is -2.51. The number of carbonyl (C=O) groups is 1. The van der Waals surface area contributed by atoms with Gasteiger partial charge in [-0.15, -0.1) is 0 Å². The van der Waals surface area contributed by atoms with E-state index in [4.69, 9.17) is 5.73 Å². The van der Waals surface area contributed by atoms with Crippen LogP contribution in [0.15, 0.2) is 29.2 Å². The topological polar surface area (TPSA) is 136 Å². The van der Waals surface area contributed by atoms with Gasteiger partial charge in [0.15, 0.2) is 0 Å². The number of hydrogen-bond acceptors (Lipinski definition) is 6. The zero-order valence-corrected chi connectivity index (χ0v) is 14.0. The first-order valence-electron chi connectivity index (χ1n) is 6.71. The number of sulfonamides is 1. The van der Waals surface area contributed by atoms with Gasteiger partial charge in [0.05, 0.1) is 16.4 Å². The van der Waals surface area contributed by atoms with E-state index in [1.165, 1.54) is 25.2 Å². The zero-order valence-electron chi connectivity index (χ0n) is 13.1. The Kier molecular flexibility index (Phi) is 5.81. The number of carbonyl (C=O) groups excluding carboxylic acids is 1. The quantitative estimate of drug-likeness (QED) is 0.530. The molecule has 0 fully saturated rings. The van der Waals surface area contributed by atoms with Crippen molar-refractivity contribution < 1.29 is 18.1 Å². The first kappa shape index (κ1) is 19.0. The molecule has 0 aliphatic rings. The highest BCUT2D eigenvalue weighted by atomic mass is 32.2. The van der Waals surface area contributed by atoms with Gasteiger partial charge in [0.1, 0.15) is 0 Å². The van der Waals surface area contributed by atoms with Crippen molar-refractivity contribution in [2.24, 2.45) is 5.73 Å². The van der Waals surface area contributed by atoms with E-state index in [2.05, 4.69) is 5.32 Å². The predicted molar refractivity (Wildman–Crippen MR) is 84.2 cm³/mol. The van der Waals surface area contributed by atoms with Crippen molar-refractivity contribution >= 4 is 21.6 Å². The van der Waals surface area contributed by atoms with Gasteiger partial charge in [0.25, 0.3) is 5.69 Å². The highest BCUT2D eigenvalue weighted by molar-refractivity contribution is 7.89. The Morgan fingerprint density at radius 1 is 1.43 bits per heavy atom. The van der Waals surface area contributed by atoms with Crippen LogP contribution in [-0.4, -0.2) is 49.2 Å². The molecule has 0 aliphatic heterocycles. The van der Waals surface area contributed by atoms with Crippen LogP contribution in [0.25, 0.3) is 0 Å². The minimum absolute atomic E-state index is 0.195. The summed E-state index contributed by atoms with van der Waals surface area (Å²) in [4.78, 5) is 21.7. The number of nitro groups is 1. The molecule has 0 heterocycles. The Morgan fingerprint density at radius 2 is 2.04 bits per heavy atom. The molecule has 0 aromatic heterocycles. The Hall–Kier alpha value is -2.04. The number of hydrogen-bond donors (Lipinski definition) is 2. The van der Waals surface area contributed by atoms with Gasteiger partial charge in [-0.3, -0.25) is 14.9 Å². The summed E-state index contributed by atoms with van der Waals surface area (Å²) in [6, 6.07) is 4.65. The number of nitrogens with two attached hydrogens (primary N) is 1. The average molecular weight is 344 g/mol. The molecule has 0 spiro atoms. The molecule has 1 aromatic rings. The highest BCUT2D eigenvalue weighted by Gasteiger charge is 2.26. The van der Waals surface area contributed by atoms with Gasteiger partial charge in [-0.05, 0) is 19.9 Å². The van der Waals surface area contributed by atoms with Crippen LogP contribution in [0.1, 0.15) is 13.8 Å². The molecular weight excluding hydrogens is 324 g/mol. The third-order valence-corrected chi connectivity index (χ3v) is 4.89. The molecule has 128 valence electrons. The lowest BCUT2D eigenvalue weighted by atomic mass is 10.1. The first-order chi connectivity index (χ1) is 10.5. The highest BCUT2D eigenvalue weighted by Crippen LogP contribution is 2.20. The number of nitrogens with zero attached hydrogens (tertiary/aromatic N) is 2. The van der Waals surface area contributed by atoms with Gasteiger partial charge < -0.3 is 11.1 Å². The van der Waals surface area contributed by atoms with E-state index >= 15 is 0 Å². The van der Waals surface area contributed by atoms with E-state index in [1.54, 1.807) is 13.8 Å². The normalized spacial score (nSPS) is 12.2. The Morgan fingerprint density at radius 3 is 2.57 bits per heavy atom. The smallest absolute Gasteiger partial charge is 0.270 e. The van der Waals surface area contributed by atoms with Gasteiger partial charge in [0, 0.05) is 31.3 Å². The molecule has 10 heteroatoms. The van der Waals surface area contributed by atoms with Crippen LogP contribution >= 0.6 is 0 Å². The number of non-ortho nitro benzene ring substituents is 1. The number of nitrogens with one attached hydrogen (secondary N) is 1. The van der Waals surface area contributed by atoms with Crippen molar-refractivity contribution in [1.82, 2.24) is 9.62 Å². The molecule has 9 nitrogen and oxygen atoms in total. The van der Waals surface area contributed by atoms with E-state index in [1.807, 2.05) is 0 Å². The second-order valence-corrected chi connectivity index (χ2v) is 7.70. The predicted octanol–water partition coefficient (Wildman–Crippen LogP) is 0.0688. The maximum atomic E-state index is 12.4. The molecule has 0 atom stereocenters. The lowest BCUT2D eigenvalue weighted by Gasteiger charge is -2.25. The SMILES string of the molecule is CN(CC(=O)NC(C)(C)CN)S(=O)(=O)c1cccc([N+](=O)[O-])c1. The second kappa shape index (κ2) is 7.02. The molecule has 1 rings (SSSR count). The zero-order chi connectivity index (χ0) is 17.8. The van der Waals surface area contributed by atoms with Crippen molar-refractivity contribution in [2.75, 3.05) is 20.1 Å². The van der Waals surface area contributed by atoms with Crippen LogP contribution in [-0.2, 0) is 14.8 Å². The minimum Gasteiger partial charge on any atom is -0.349 e. The van der Waals surface area contributed by atoms with E-state index in [9.17, 15) is 23.3 Å². The van der Waals surface area contributed by atoms with Crippen molar-refractivity contribution in [3.63, 3.8) is 0 Å². The third kappa shape index (κ3) is 4.98. The summed E-state index contributed by atoms with van der Waals surface area (Å²) in [5.74, 6) is -0.517. The van der Waals surface area contributed by atoms with Crippen molar-refractivity contribution in [3.8, 4) is 0 Å². The standard InChI is InChI=1S/C13H20N4O5S/c1-13(2,9-14)15-12(18)8-16(3)23(21,22)11-6-4-5-10(7-11)17(19)20/h4-7H,8-9,14H2,1-3H3,(H,15,18). The summed E-state index contributed by atoms with van der Waals surface area (Å²) >= 11 is 0. The van der Waals surface area contributed by atoms with E-state index in [0.29, 0.717) is 0 Å². The summed E-state index contributed by atoms with van der Waals surface area (Å²) in [6.07, 6.45) is 0. The van der Waals surface area contributed by atoms with E-state index in [-0.39, 0.29) is 17.1 Å². The molecule has 1 aromatic carbocycles. The molecule has 0 saturated carbocycles. The fourth-order valence-corrected chi connectivity index (χ4v) is 2.86. The van der Waals surface area contributed by atoms with Gasteiger partial charge in [0.2, 0.25) is 15.9 Å². The second-order valence-electron chi connectivity index (χ2n) is 5.65. The van der Waals surface area contributed by atoms with Crippen molar-refractivity contribution in [2.45, 2.75) is 24.3 Å². The molecule has 0 saturated heterocycles. The minimum atomic E-state index is -4.02. The van der Waals surface area contributed by atoms with Crippen LogP contribution in [0.5, 0.6) is 0 Å². The summed E-state index contributed by atoms with van der Waals surface area (Å²) in [7, 11) is -2.79. The molecular formula is C13H20N4O5S. The van der Waals surface area contributed by atoms with E-state index in [0.717, 1.165) is 10.4 Å². The first-order valence-corrected chi connectivity index (χ1v) is 8.15. The molecule has 0 unspecified atom stereocenters. The summed E-state index contributed by atoms with van der Waals surface area (Å²) in [5, 5.41) is 13.4. The summed E-state index contributed by atoms with van der Waals surface area (Å²) in [5.41, 5.74) is 4.50. The molecule has 3 N–H and O–H groups in total. The Bertz CT molecular complexity index is 702. The molecule has 0 bridgehead atoms. The molecule has 0 aliphatic carbocycles. The van der Waals surface area contributed by atoms with Gasteiger partial charge in [-0.25, -0.2) is 8.42 Å². The van der Waals surface area contributed by atoms with Crippen molar-refractivity contribution in [3.05, 3.63) is 34.4 Å². The molecule has 0 radical (unpaired) electrons. The fourth-order valence-electron chi connectivity index (χ4n) is 1.69. The van der Waals surface area contributed by atoms with Crippen LogP contribution in [0.4, 0.5) is 5.69 Å². The average Bonchev–Trinajstić information content (AvgIpc) is 2.46. The molecule has 23 heavy (non-hydrogen) atoms. The number of benzene rings is 1. The summed E-state index contributed by atoms with van der Waals surface area (Å²) in [6.45, 7) is 3.19.